The van der Waals surface area contributed by atoms with Crippen molar-refractivity contribution >= 4 is 23.3 Å². The fraction of sp³-hybridized carbons (Fsp3) is 0.154. The number of esters is 1. The molecule has 0 unspecified atom stereocenters. The number of benzene rings is 1. The number of alkyl halides is 3. The van der Waals surface area contributed by atoms with Crippen LogP contribution in [0.3, 0.4) is 0 Å². The lowest BCUT2D eigenvalue weighted by atomic mass is 10.1. The molecular weight excluding hydrogens is 341 g/mol. The largest absolute Gasteiger partial charge is 0.465 e. The van der Waals surface area contributed by atoms with Crippen LogP contribution in [0.4, 0.5) is 18.9 Å². The summed E-state index contributed by atoms with van der Waals surface area (Å²) < 4.78 is 43.5. The first kappa shape index (κ1) is 16.8. The van der Waals surface area contributed by atoms with E-state index in [1.807, 2.05) is 4.98 Å². The Labute approximate surface area is 132 Å². The maximum atomic E-state index is 13.1. The van der Waals surface area contributed by atoms with Crippen molar-refractivity contribution in [2.45, 2.75) is 6.18 Å². The topological polar surface area (TPSA) is 85.2 Å². The summed E-state index contributed by atoms with van der Waals surface area (Å²) in [6.07, 6.45) is -5.00. The minimum Gasteiger partial charge on any atom is -0.465 e. The molecule has 1 aromatic carbocycles. The summed E-state index contributed by atoms with van der Waals surface area (Å²) in [7, 11) is 0.835. The molecule has 1 N–H and O–H groups in total. The van der Waals surface area contributed by atoms with Gasteiger partial charge < -0.3 is 9.72 Å². The van der Waals surface area contributed by atoms with Gasteiger partial charge in [-0.05, 0) is 12.1 Å². The third-order valence-corrected chi connectivity index (χ3v) is 3.21. The quantitative estimate of drug-likeness (QED) is 0.515. The van der Waals surface area contributed by atoms with E-state index in [0.29, 0.717) is 5.02 Å². The average molecular weight is 349 g/mol. The van der Waals surface area contributed by atoms with E-state index in [4.69, 9.17) is 11.6 Å². The van der Waals surface area contributed by atoms with Crippen molar-refractivity contribution in [2.75, 3.05) is 7.11 Å². The van der Waals surface area contributed by atoms with Crippen LogP contribution in [0.25, 0.3) is 11.3 Å². The van der Waals surface area contributed by atoms with Gasteiger partial charge in [-0.25, -0.2) is 4.79 Å². The molecule has 0 spiro atoms. The van der Waals surface area contributed by atoms with Crippen molar-refractivity contribution < 1.29 is 27.6 Å². The van der Waals surface area contributed by atoms with Crippen LogP contribution in [-0.2, 0) is 10.9 Å². The molecule has 10 heteroatoms. The fourth-order valence-corrected chi connectivity index (χ4v) is 2.14. The summed E-state index contributed by atoms with van der Waals surface area (Å²) in [6.45, 7) is 0. The van der Waals surface area contributed by atoms with Crippen molar-refractivity contribution in [3.05, 3.63) is 50.7 Å². The van der Waals surface area contributed by atoms with Gasteiger partial charge in [0, 0.05) is 10.6 Å². The second-order valence-corrected chi connectivity index (χ2v) is 4.79. The van der Waals surface area contributed by atoms with E-state index in [1.165, 1.54) is 24.3 Å². The molecule has 0 aliphatic carbocycles. The standard InChI is InChI=1S/C13H8ClF3N2O4/c1-23-12(20)8-10(19(21)22)9(18-11(8)13(15,16)17)6-2-4-7(14)5-3-6/h2-5,18H,1H3. The van der Waals surface area contributed by atoms with E-state index in [-0.39, 0.29) is 5.56 Å². The summed E-state index contributed by atoms with van der Waals surface area (Å²) in [5.41, 5.74) is -4.11. The van der Waals surface area contributed by atoms with Crippen molar-refractivity contribution in [3.63, 3.8) is 0 Å². The minimum absolute atomic E-state index is 0.0711. The zero-order valence-corrected chi connectivity index (χ0v) is 12.2. The Balaban J connectivity index is 2.82. The summed E-state index contributed by atoms with van der Waals surface area (Å²) in [6, 6.07) is 5.30. The van der Waals surface area contributed by atoms with Gasteiger partial charge in [0.05, 0.1) is 12.0 Å². The Bertz CT molecular complexity index is 769. The number of nitro groups is 1. The molecule has 0 saturated carbocycles. The molecule has 1 aromatic heterocycles. The van der Waals surface area contributed by atoms with Crippen molar-refractivity contribution in [1.82, 2.24) is 4.98 Å². The maximum absolute atomic E-state index is 13.1. The number of hydrogen-bond acceptors (Lipinski definition) is 4. The van der Waals surface area contributed by atoms with Crippen LogP contribution in [-0.4, -0.2) is 23.0 Å². The highest BCUT2D eigenvalue weighted by molar-refractivity contribution is 6.30. The van der Waals surface area contributed by atoms with Gasteiger partial charge in [-0.1, -0.05) is 23.7 Å². The number of nitrogens with one attached hydrogen (secondary N) is 1. The molecule has 122 valence electrons. The van der Waals surface area contributed by atoms with Crippen LogP contribution in [0, 0.1) is 10.1 Å². The molecule has 0 aliphatic rings. The number of methoxy groups -OCH3 is 1. The normalized spacial score (nSPS) is 11.3. The lowest BCUT2D eigenvalue weighted by Crippen LogP contribution is -2.14. The number of aromatic amines is 1. The van der Waals surface area contributed by atoms with Gasteiger partial charge in [-0.3, -0.25) is 10.1 Å². The molecule has 0 bridgehead atoms. The third-order valence-electron chi connectivity index (χ3n) is 2.96. The highest BCUT2D eigenvalue weighted by Gasteiger charge is 2.44. The van der Waals surface area contributed by atoms with E-state index in [1.54, 1.807) is 0 Å². The first-order valence-electron chi connectivity index (χ1n) is 5.98. The molecule has 0 fully saturated rings. The van der Waals surface area contributed by atoms with E-state index in [9.17, 15) is 28.1 Å². The summed E-state index contributed by atoms with van der Waals surface area (Å²) >= 11 is 5.69. The van der Waals surface area contributed by atoms with Gasteiger partial charge in [0.15, 0.2) is 5.56 Å². The molecule has 0 saturated heterocycles. The van der Waals surface area contributed by atoms with Gasteiger partial charge in [0.1, 0.15) is 11.4 Å². The highest BCUT2D eigenvalue weighted by Crippen LogP contribution is 2.42. The molecule has 6 nitrogen and oxygen atoms in total. The monoisotopic (exact) mass is 348 g/mol. The Morgan fingerprint density at radius 1 is 1.30 bits per heavy atom. The van der Waals surface area contributed by atoms with E-state index >= 15 is 0 Å². The highest BCUT2D eigenvalue weighted by atomic mass is 35.5. The number of aromatic nitrogens is 1. The molecule has 1 heterocycles. The van der Waals surface area contributed by atoms with E-state index < -0.39 is 39.7 Å². The second-order valence-electron chi connectivity index (χ2n) is 4.35. The van der Waals surface area contributed by atoms with Crippen LogP contribution in [0.15, 0.2) is 24.3 Å². The van der Waals surface area contributed by atoms with Crippen LogP contribution < -0.4 is 0 Å². The van der Waals surface area contributed by atoms with Crippen LogP contribution in [0.2, 0.25) is 5.02 Å². The van der Waals surface area contributed by atoms with Crippen molar-refractivity contribution in [2.24, 2.45) is 0 Å². The lowest BCUT2D eigenvalue weighted by Gasteiger charge is -2.05. The molecule has 0 amide bonds. The number of nitrogens with zero attached hydrogens (tertiary/aromatic N) is 1. The first-order valence-corrected chi connectivity index (χ1v) is 6.36. The number of rotatable bonds is 3. The van der Waals surface area contributed by atoms with Gasteiger partial charge in [0.2, 0.25) is 0 Å². The van der Waals surface area contributed by atoms with Gasteiger partial charge in [0.25, 0.3) is 0 Å². The number of carbonyl (C=O) groups is 1. The zero-order chi connectivity index (χ0) is 17.4. The van der Waals surface area contributed by atoms with Gasteiger partial charge in [-0.2, -0.15) is 13.2 Å². The first-order chi connectivity index (χ1) is 10.7. The van der Waals surface area contributed by atoms with E-state index in [0.717, 1.165) is 7.11 Å². The molecule has 0 atom stereocenters. The number of carbonyl (C=O) groups excluding carboxylic acids is 1. The SMILES string of the molecule is COC(=O)c1c(C(F)(F)F)[nH]c(-c2ccc(Cl)cc2)c1[N+](=O)[O-]. The molecule has 23 heavy (non-hydrogen) atoms. The van der Waals surface area contributed by atoms with Crippen molar-refractivity contribution in [1.29, 1.82) is 0 Å². The van der Waals surface area contributed by atoms with Crippen LogP contribution in [0.5, 0.6) is 0 Å². The van der Waals surface area contributed by atoms with Gasteiger partial charge in [-0.15, -0.1) is 0 Å². The average Bonchev–Trinajstić information content (AvgIpc) is 2.88. The maximum Gasteiger partial charge on any atom is 0.432 e. The Hall–Kier alpha value is -2.55. The predicted octanol–water partition coefficient (Wildman–Crippen LogP) is 4.05. The molecule has 0 radical (unpaired) electrons. The van der Waals surface area contributed by atoms with Crippen molar-refractivity contribution in [3.8, 4) is 11.3 Å². The molecule has 2 rings (SSSR count). The smallest absolute Gasteiger partial charge is 0.432 e. The summed E-state index contributed by atoms with van der Waals surface area (Å²) in [4.78, 5) is 23.7. The number of halogens is 4. The second kappa shape index (κ2) is 5.92. The number of H-pyrrole nitrogens is 1. The molecule has 0 aliphatic heterocycles. The zero-order valence-electron chi connectivity index (χ0n) is 11.4. The summed E-state index contributed by atoms with van der Waals surface area (Å²) in [5.74, 6) is -1.46. The van der Waals surface area contributed by atoms with Gasteiger partial charge >= 0.3 is 17.8 Å². The van der Waals surface area contributed by atoms with E-state index in [2.05, 4.69) is 4.74 Å². The third kappa shape index (κ3) is 3.14. The summed E-state index contributed by atoms with van der Waals surface area (Å²) in [5, 5.41) is 11.5. The number of ether oxygens (including phenoxy) is 1. The Morgan fingerprint density at radius 3 is 2.30 bits per heavy atom. The lowest BCUT2D eigenvalue weighted by molar-refractivity contribution is -0.384. The van der Waals surface area contributed by atoms with Crippen LogP contribution in [0.1, 0.15) is 16.1 Å². The van der Waals surface area contributed by atoms with Crippen LogP contribution >= 0.6 is 11.6 Å². The minimum atomic E-state index is -5.00. The Morgan fingerprint density at radius 2 is 1.87 bits per heavy atom. The molecule has 2 aromatic rings. The fourth-order valence-electron chi connectivity index (χ4n) is 2.01. The number of hydrogen-bond donors (Lipinski definition) is 1. The predicted molar refractivity (Wildman–Crippen MR) is 74.2 cm³/mol. The molecular formula is C13H8ClF3N2O4. The Kier molecular flexibility index (Phi) is 4.33.